The first kappa shape index (κ1) is 28.1. The van der Waals surface area contributed by atoms with Crippen LogP contribution >= 0.6 is 0 Å². The van der Waals surface area contributed by atoms with Crippen molar-refractivity contribution in [3.05, 3.63) is 77.9 Å². The van der Waals surface area contributed by atoms with Crippen LogP contribution in [0, 0.1) is 0 Å². The van der Waals surface area contributed by atoms with Crippen LogP contribution in [0.25, 0.3) is 0 Å². The highest BCUT2D eigenvalue weighted by Gasteiger charge is 2.17. The summed E-state index contributed by atoms with van der Waals surface area (Å²) in [5, 5.41) is 5.45. The highest BCUT2D eigenvalue weighted by molar-refractivity contribution is 5.90. The molecule has 0 radical (unpaired) electrons. The molecular formula is C29H30N2O9. The van der Waals surface area contributed by atoms with Crippen molar-refractivity contribution >= 4 is 17.8 Å². The van der Waals surface area contributed by atoms with E-state index in [-0.39, 0.29) is 80.8 Å². The largest absolute Gasteiger partial charge is 0.488 e. The van der Waals surface area contributed by atoms with E-state index in [9.17, 15) is 14.4 Å². The molecule has 11 nitrogen and oxygen atoms in total. The zero-order valence-electron chi connectivity index (χ0n) is 22.0. The Morgan fingerprint density at radius 3 is 2.00 bits per heavy atom. The summed E-state index contributed by atoms with van der Waals surface area (Å²) in [6.45, 7) is 0.232. The molecule has 0 aromatic heterocycles. The number of methoxy groups -OCH3 is 1. The Balaban J connectivity index is 1.48. The first-order valence-corrected chi connectivity index (χ1v) is 12.6. The van der Waals surface area contributed by atoms with Crippen LogP contribution in [-0.4, -0.2) is 64.4 Å². The number of hydrogen-bond acceptors (Lipinski definition) is 9. The maximum Gasteiger partial charge on any atom is 0.337 e. The summed E-state index contributed by atoms with van der Waals surface area (Å²) in [6, 6.07) is 19.1. The Bertz CT molecular complexity index is 1310. The molecule has 0 aliphatic carbocycles. The van der Waals surface area contributed by atoms with Gasteiger partial charge in [0.15, 0.2) is 36.2 Å². The smallest absolute Gasteiger partial charge is 0.337 e. The Morgan fingerprint density at radius 2 is 1.38 bits per heavy atom. The predicted molar refractivity (Wildman–Crippen MR) is 143 cm³/mol. The lowest BCUT2D eigenvalue weighted by Crippen LogP contribution is -2.32. The minimum Gasteiger partial charge on any atom is -0.488 e. The van der Waals surface area contributed by atoms with Crippen LogP contribution in [-0.2, 0) is 20.9 Å². The van der Waals surface area contributed by atoms with Crippen LogP contribution in [0.15, 0.2) is 66.7 Å². The lowest BCUT2D eigenvalue weighted by molar-refractivity contribution is -0.123. The number of nitrogens with one attached hydrogen (secondary N) is 2. The molecule has 3 aromatic carbocycles. The maximum absolute atomic E-state index is 12.5. The highest BCUT2D eigenvalue weighted by atomic mass is 16.5. The van der Waals surface area contributed by atoms with E-state index in [1.807, 2.05) is 30.3 Å². The molecule has 2 amide bonds. The van der Waals surface area contributed by atoms with Gasteiger partial charge in [-0.05, 0) is 35.9 Å². The van der Waals surface area contributed by atoms with Gasteiger partial charge in [0.2, 0.25) is 5.75 Å². The Labute approximate surface area is 231 Å². The average molecular weight is 551 g/mol. The first-order chi connectivity index (χ1) is 19.5. The second kappa shape index (κ2) is 14.3. The van der Waals surface area contributed by atoms with E-state index < -0.39 is 5.97 Å². The second-order valence-electron chi connectivity index (χ2n) is 8.48. The lowest BCUT2D eigenvalue weighted by Gasteiger charge is -2.17. The number of rotatable bonds is 4. The van der Waals surface area contributed by atoms with Crippen LogP contribution in [0.2, 0.25) is 0 Å². The molecule has 3 aromatic rings. The van der Waals surface area contributed by atoms with Gasteiger partial charge in [0.1, 0.15) is 19.8 Å². The molecule has 1 aliphatic rings. The summed E-state index contributed by atoms with van der Waals surface area (Å²) in [7, 11) is 1.28. The van der Waals surface area contributed by atoms with E-state index in [0.29, 0.717) is 11.5 Å². The maximum atomic E-state index is 12.5. The minimum absolute atomic E-state index is 0.0955. The van der Waals surface area contributed by atoms with E-state index in [1.165, 1.54) is 13.2 Å². The van der Waals surface area contributed by atoms with Gasteiger partial charge in [-0.2, -0.15) is 0 Å². The minimum atomic E-state index is -0.532. The van der Waals surface area contributed by atoms with Crippen molar-refractivity contribution in [1.82, 2.24) is 10.6 Å². The molecule has 1 aliphatic heterocycles. The molecule has 4 rings (SSSR count). The van der Waals surface area contributed by atoms with Crippen LogP contribution in [0.4, 0.5) is 0 Å². The summed E-state index contributed by atoms with van der Waals surface area (Å²) in [5.41, 5.74) is 1.20. The van der Waals surface area contributed by atoms with Crippen molar-refractivity contribution in [2.75, 3.05) is 46.6 Å². The quantitative estimate of drug-likeness (QED) is 0.471. The van der Waals surface area contributed by atoms with Crippen LogP contribution in [0.3, 0.4) is 0 Å². The van der Waals surface area contributed by atoms with E-state index in [0.717, 1.165) is 5.56 Å². The molecule has 11 heteroatoms. The van der Waals surface area contributed by atoms with Crippen molar-refractivity contribution < 1.29 is 42.8 Å². The number of carbonyl (C=O) groups excluding carboxylic acids is 3. The van der Waals surface area contributed by atoms with E-state index >= 15 is 0 Å². The fourth-order valence-electron chi connectivity index (χ4n) is 3.67. The third-order valence-corrected chi connectivity index (χ3v) is 5.61. The fourth-order valence-corrected chi connectivity index (χ4v) is 3.67. The number of benzene rings is 3. The molecule has 0 saturated carbocycles. The molecule has 0 fully saturated rings. The van der Waals surface area contributed by atoms with Crippen molar-refractivity contribution in [3.8, 4) is 28.7 Å². The van der Waals surface area contributed by atoms with E-state index in [4.69, 9.17) is 28.4 Å². The molecule has 1 heterocycles. The van der Waals surface area contributed by atoms with E-state index in [1.54, 1.807) is 30.3 Å². The average Bonchev–Trinajstić information content (AvgIpc) is 2.98. The molecule has 0 atom stereocenters. The number of amides is 2. The highest BCUT2D eigenvalue weighted by Crippen LogP contribution is 2.38. The first-order valence-electron chi connectivity index (χ1n) is 12.6. The van der Waals surface area contributed by atoms with Gasteiger partial charge in [-0.1, -0.05) is 36.4 Å². The summed E-state index contributed by atoms with van der Waals surface area (Å²) in [5.74, 6) is 0.209. The zero-order chi connectivity index (χ0) is 28.2. The molecular weight excluding hydrogens is 520 g/mol. The summed E-state index contributed by atoms with van der Waals surface area (Å²) < 4.78 is 33.8. The lowest BCUT2D eigenvalue weighted by atomic mass is 10.2. The van der Waals surface area contributed by atoms with Gasteiger partial charge in [0, 0.05) is 0 Å². The van der Waals surface area contributed by atoms with Crippen LogP contribution in [0.5, 0.6) is 28.7 Å². The topological polar surface area (TPSA) is 131 Å². The standard InChI is InChI=1S/C29H30N2O9/c1-35-29(34)21-10-11-22-25(16-21)37-15-13-31-27(33)19-39-24-9-5-8-23(38-18-26(32)30-12-14-36-22)28(24)40-17-20-6-3-2-4-7-20/h2-11,16H,12-15,17-19H2,1H3,(H,30,32)(H,31,33). The van der Waals surface area contributed by atoms with Gasteiger partial charge in [0.25, 0.3) is 11.8 Å². The molecule has 2 N–H and O–H groups in total. The van der Waals surface area contributed by atoms with Gasteiger partial charge in [-0.25, -0.2) is 4.79 Å². The molecule has 0 spiro atoms. The fraction of sp³-hybridized carbons (Fsp3) is 0.276. The Hall–Kier alpha value is -4.93. The van der Waals surface area contributed by atoms with E-state index in [2.05, 4.69) is 10.6 Å². The molecule has 0 unspecified atom stereocenters. The van der Waals surface area contributed by atoms with Crippen molar-refractivity contribution in [3.63, 3.8) is 0 Å². The number of hydrogen-bond donors (Lipinski definition) is 2. The Kier molecular flexibility index (Phi) is 10.0. The second-order valence-corrected chi connectivity index (χ2v) is 8.48. The molecule has 2 bridgehead atoms. The Morgan fingerprint density at radius 1 is 0.750 bits per heavy atom. The number of ether oxygens (including phenoxy) is 6. The van der Waals surface area contributed by atoms with Crippen molar-refractivity contribution in [1.29, 1.82) is 0 Å². The number of esters is 1. The zero-order valence-corrected chi connectivity index (χ0v) is 22.0. The number of fused-ring (bicyclic) bond motifs is 3. The van der Waals surface area contributed by atoms with Gasteiger partial charge >= 0.3 is 5.97 Å². The van der Waals surface area contributed by atoms with Crippen molar-refractivity contribution in [2.45, 2.75) is 6.61 Å². The molecule has 210 valence electrons. The van der Waals surface area contributed by atoms with Crippen LogP contribution < -0.4 is 34.3 Å². The monoisotopic (exact) mass is 550 g/mol. The van der Waals surface area contributed by atoms with Gasteiger partial charge < -0.3 is 39.1 Å². The van der Waals surface area contributed by atoms with Crippen LogP contribution in [0.1, 0.15) is 15.9 Å². The number of para-hydroxylation sites is 1. The normalized spacial score (nSPS) is 14.5. The summed E-state index contributed by atoms with van der Waals surface area (Å²) >= 11 is 0. The third kappa shape index (κ3) is 8.03. The molecule has 40 heavy (non-hydrogen) atoms. The summed E-state index contributed by atoms with van der Waals surface area (Å²) in [6.07, 6.45) is 0. The van der Waals surface area contributed by atoms with Crippen molar-refractivity contribution in [2.24, 2.45) is 0 Å². The van der Waals surface area contributed by atoms with Gasteiger partial charge in [-0.15, -0.1) is 0 Å². The van der Waals surface area contributed by atoms with Gasteiger partial charge in [0.05, 0.1) is 25.8 Å². The molecule has 0 saturated heterocycles. The predicted octanol–water partition coefficient (Wildman–Crippen LogP) is 2.51. The SMILES string of the molecule is COC(=O)c1ccc2c(c1)OCCNC(=O)COc1cccc(c1OCc1ccccc1)OCC(=O)NCCO2. The summed E-state index contributed by atoms with van der Waals surface area (Å²) in [4.78, 5) is 36.9. The number of carbonyl (C=O) groups is 3. The third-order valence-electron chi connectivity index (χ3n) is 5.61. The van der Waals surface area contributed by atoms with Gasteiger partial charge in [-0.3, -0.25) is 9.59 Å².